The maximum absolute atomic E-state index is 13.9. The van der Waals surface area contributed by atoms with E-state index in [-0.39, 0.29) is 40.8 Å². The molecule has 14 nitrogen and oxygen atoms in total. The van der Waals surface area contributed by atoms with Crippen molar-refractivity contribution in [1.82, 2.24) is 5.48 Å². The lowest BCUT2D eigenvalue weighted by Crippen LogP contribution is -2.55. The van der Waals surface area contributed by atoms with Crippen LogP contribution in [0.3, 0.4) is 0 Å². The molecule has 324 valence electrons. The Bertz CT molecular complexity index is 1840. The number of aliphatic hydroxyl groups excluding tert-OH is 2. The fourth-order valence-electron chi connectivity index (χ4n) is 8.36. The van der Waals surface area contributed by atoms with Crippen LogP contribution >= 0.6 is 0 Å². The van der Waals surface area contributed by atoms with Crippen molar-refractivity contribution in [2.75, 3.05) is 13.7 Å². The molecule has 0 bridgehead atoms. The lowest BCUT2D eigenvalue weighted by molar-refractivity contribution is -0.256. The Labute approximate surface area is 345 Å². The van der Waals surface area contributed by atoms with Gasteiger partial charge in [-0.1, -0.05) is 82.6 Å². The molecule has 0 aromatic heterocycles. The van der Waals surface area contributed by atoms with E-state index in [9.17, 15) is 44.7 Å². The van der Waals surface area contributed by atoms with Crippen LogP contribution < -0.4 is 10.2 Å². The van der Waals surface area contributed by atoms with Crippen molar-refractivity contribution in [2.24, 2.45) is 0 Å². The zero-order chi connectivity index (χ0) is 42.7. The number of carbonyl (C=O) groups excluding carboxylic acids is 4. The predicted molar refractivity (Wildman–Crippen MR) is 216 cm³/mol. The van der Waals surface area contributed by atoms with Gasteiger partial charge in [0.1, 0.15) is 29.5 Å². The third-order valence-corrected chi connectivity index (χ3v) is 11.7. The number of rotatable bonds is 22. The standard InChI is InChI=1S/C45H61NO13/c1-4-5-6-7-8-9-10-11-12-13-14-15-16-17-18-22-34(49)59-46-30-23-35(57-27(2)40(30)50)58-32-25-45(55,33(48)26-47)24-29-37(32)44(54)39-38(42(29)52)41(51)28-20-19-21-31(56-3)36(28)43(39)53/h11-12,19-21,27,30,32,35,40,46-47,50,52,54-55H,4-10,13-18,22-26H2,1-3H3/b12-11-/t27?,30?,32-,35?,40?,45-/m0/s1. The summed E-state index contributed by atoms with van der Waals surface area (Å²) in [6, 6.07) is 3.48. The summed E-state index contributed by atoms with van der Waals surface area (Å²) in [5.74, 6) is -4.44. The molecular formula is C45H61NO13. The maximum Gasteiger partial charge on any atom is 0.324 e. The molecule has 1 saturated heterocycles. The van der Waals surface area contributed by atoms with E-state index in [0.29, 0.717) is 6.42 Å². The number of benzene rings is 2. The van der Waals surface area contributed by atoms with E-state index in [0.717, 1.165) is 38.5 Å². The SMILES string of the molecule is CCCCCCCC/C=C\CCCCCCCC(=O)ONC1CC(O[C@H]2C[C@](O)(C(=O)CO)Cc3c(O)c4c(c(O)c32)C(=O)c2c(OC)cccc2C4=O)OC(C)C1O. The first-order valence-corrected chi connectivity index (χ1v) is 21.2. The van der Waals surface area contributed by atoms with Crippen molar-refractivity contribution in [2.45, 2.75) is 159 Å². The van der Waals surface area contributed by atoms with Gasteiger partial charge < -0.3 is 44.6 Å². The number of hydrogen-bond acceptors (Lipinski definition) is 14. The van der Waals surface area contributed by atoms with Crippen molar-refractivity contribution in [1.29, 1.82) is 0 Å². The van der Waals surface area contributed by atoms with Crippen molar-refractivity contribution in [3.05, 3.63) is 63.7 Å². The van der Waals surface area contributed by atoms with Gasteiger partial charge in [0, 0.05) is 42.4 Å². The molecule has 14 heteroatoms. The highest BCUT2D eigenvalue weighted by Crippen LogP contribution is 2.52. The minimum absolute atomic E-state index is 0.0723. The highest BCUT2D eigenvalue weighted by Gasteiger charge is 2.50. The minimum Gasteiger partial charge on any atom is -0.507 e. The number of methoxy groups -OCH3 is 1. The summed E-state index contributed by atoms with van der Waals surface area (Å²) >= 11 is 0. The van der Waals surface area contributed by atoms with Gasteiger partial charge in [0.2, 0.25) is 5.78 Å². The highest BCUT2D eigenvalue weighted by molar-refractivity contribution is 6.31. The number of ketones is 3. The van der Waals surface area contributed by atoms with Crippen LogP contribution in [0.1, 0.15) is 166 Å². The Hall–Kier alpha value is -4.18. The molecule has 0 spiro atoms. The molecule has 59 heavy (non-hydrogen) atoms. The first kappa shape index (κ1) is 45.9. The zero-order valence-corrected chi connectivity index (χ0v) is 34.5. The molecule has 1 heterocycles. The minimum atomic E-state index is -2.32. The van der Waals surface area contributed by atoms with Crippen molar-refractivity contribution in [3.8, 4) is 17.2 Å². The van der Waals surface area contributed by atoms with Crippen molar-refractivity contribution < 1.29 is 63.8 Å². The smallest absolute Gasteiger partial charge is 0.324 e. The van der Waals surface area contributed by atoms with Gasteiger partial charge in [0.05, 0.1) is 48.2 Å². The van der Waals surface area contributed by atoms with E-state index < -0.39 is 102 Å². The fourth-order valence-corrected chi connectivity index (χ4v) is 8.36. The number of Topliss-reactive ketones (excluding diaryl/α,β-unsaturated/α-hetero) is 1. The number of phenolic OH excluding ortho intramolecular Hbond substituents is 2. The molecule has 2 aliphatic carbocycles. The van der Waals surface area contributed by atoms with Crippen LogP contribution in [-0.4, -0.2) is 92.7 Å². The number of allylic oxidation sites excluding steroid dienone is 2. The molecule has 2 aromatic carbocycles. The Morgan fingerprint density at radius 2 is 1.56 bits per heavy atom. The second-order valence-corrected chi connectivity index (χ2v) is 16.0. The molecule has 1 fully saturated rings. The first-order chi connectivity index (χ1) is 28.4. The third-order valence-electron chi connectivity index (χ3n) is 11.7. The Morgan fingerprint density at radius 3 is 2.22 bits per heavy atom. The van der Waals surface area contributed by atoms with Gasteiger partial charge in [-0.25, -0.2) is 0 Å². The average molecular weight is 824 g/mol. The Kier molecular flexibility index (Phi) is 16.6. The summed E-state index contributed by atoms with van der Waals surface area (Å²) in [5, 5.41) is 55.6. The van der Waals surface area contributed by atoms with Gasteiger partial charge in [0.25, 0.3) is 0 Å². The number of hydroxylamine groups is 1. The van der Waals surface area contributed by atoms with E-state index in [2.05, 4.69) is 24.6 Å². The summed E-state index contributed by atoms with van der Waals surface area (Å²) < 4.78 is 17.5. The van der Waals surface area contributed by atoms with E-state index >= 15 is 0 Å². The van der Waals surface area contributed by atoms with Crippen molar-refractivity contribution in [3.63, 3.8) is 0 Å². The van der Waals surface area contributed by atoms with Crippen LogP contribution in [0.5, 0.6) is 17.2 Å². The summed E-state index contributed by atoms with van der Waals surface area (Å²) in [4.78, 5) is 58.6. The van der Waals surface area contributed by atoms with Crippen LogP contribution in [0.25, 0.3) is 0 Å². The lowest BCUT2D eigenvalue weighted by Gasteiger charge is -2.42. The quantitative estimate of drug-likeness (QED) is 0.0291. The number of hydrogen-bond donors (Lipinski definition) is 6. The molecule has 3 aliphatic rings. The molecule has 6 atom stereocenters. The molecule has 0 radical (unpaired) electrons. The molecule has 6 N–H and O–H groups in total. The summed E-state index contributed by atoms with van der Waals surface area (Å²) in [6.07, 6.45) is 13.6. The number of fused-ring (bicyclic) bond motifs is 3. The number of ether oxygens (including phenoxy) is 3. The van der Waals surface area contributed by atoms with Crippen LogP contribution in [0.4, 0.5) is 0 Å². The summed E-state index contributed by atoms with van der Waals surface area (Å²) in [7, 11) is 1.32. The van der Waals surface area contributed by atoms with Gasteiger partial charge >= 0.3 is 5.97 Å². The fraction of sp³-hybridized carbons (Fsp3) is 0.600. The predicted octanol–water partition coefficient (Wildman–Crippen LogP) is 6.13. The van der Waals surface area contributed by atoms with Crippen LogP contribution in [0.15, 0.2) is 30.4 Å². The zero-order valence-electron chi connectivity index (χ0n) is 34.5. The second kappa shape index (κ2) is 21.4. The Morgan fingerprint density at radius 1 is 0.915 bits per heavy atom. The first-order valence-electron chi connectivity index (χ1n) is 21.2. The topological polar surface area (TPSA) is 218 Å². The van der Waals surface area contributed by atoms with Crippen LogP contribution in [-0.2, 0) is 30.3 Å². The van der Waals surface area contributed by atoms with Gasteiger partial charge in [-0.15, -0.1) is 5.48 Å². The summed E-state index contributed by atoms with van der Waals surface area (Å²) in [5.41, 5.74) is -1.25. The molecule has 0 amide bonds. The van der Waals surface area contributed by atoms with E-state index in [1.54, 1.807) is 6.92 Å². The average Bonchev–Trinajstić information content (AvgIpc) is 3.22. The number of phenols is 2. The second-order valence-electron chi connectivity index (χ2n) is 16.0. The van der Waals surface area contributed by atoms with Crippen LogP contribution in [0.2, 0.25) is 0 Å². The normalized spacial score (nSPS) is 23.8. The number of nitrogens with one attached hydrogen (secondary N) is 1. The number of aromatic hydroxyl groups is 2. The van der Waals surface area contributed by atoms with Gasteiger partial charge in [-0.3, -0.25) is 19.2 Å². The number of aliphatic hydroxyl groups is 3. The maximum atomic E-state index is 13.9. The molecule has 5 rings (SSSR count). The van der Waals surface area contributed by atoms with Gasteiger partial charge in [-0.05, 0) is 45.1 Å². The third kappa shape index (κ3) is 10.8. The molecule has 4 unspecified atom stereocenters. The van der Waals surface area contributed by atoms with Gasteiger partial charge in [0.15, 0.2) is 17.9 Å². The molecule has 1 aliphatic heterocycles. The lowest BCUT2D eigenvalue weighted by atomic mass is 9.72. The van der Waals surface area contributed by atoms with Gasteiger partial charge in [-0.2, -0.15) is 0 Å². The van der Waals surface area contributed by atoms with Crippen molar-refractivity contribution >= 4 is 23.3 Å². The number of unbranched alkanes of at least 4 members (excludes halogenated alkanes) is 11. The monoisotopic (exact) mass is 823 g/mol. The molecular weight excluding hydrogens is 762 g/mol. The van der Waals surface area contributed by atoms with E-state index in [1.165, 1.54) is 63.8 Å². The van der Waals surface area contributed by atoms with Crippen LogP contribution in [0, 0.1) is 0 Å². The molecule has 2 aromatic rings. The highest BCUT2D eigenvalue weighted by atomic mass is 16.7. The number of carbonyl (C=O) groups is 4. The Balaban J connectivity index is 1.19. The molecule has 0 saturated carbocycles. The largest absolute Gasteiger partial charge is 0.507 e. The van der Waals surface area contributed by atoms with E-state index in [1.807, 2.05) is 0 Å². The van der Waals surface area contributed by atoms with E-state index in [4.69, 9.17) is 19.0 Å². The summed E-state index contributed by atoms with van der Waals surface area (Å²) in [6.45, 7) is 2.74.